The molecule has 0 bridgehead atoms. The minimum Gasteiger partial charge on any atom is -0.323 e. The number of nitrogens with zero attached hydrogens (tertiary/aromatic N) is 3. The molecule has 2 aromatic rings. The van der Waals surface area contributed by atoms with Gasteiger partial charge in [0.05, 0.1) is 12.1 Å². The van der Waals surface area contributed by atoms with Gasteiger partial charge in [0.15, 0.2) is 0 Å². The van der Waals surface area contributed by atoms with E-state index in [0.717, 1.165) is 16.7 Å². The predicted molar refractivity (Wildman–Crippen MR) is 113 cm³/mol. The number of piperidine rings is 1. The van der Waals surface area contributed by atoms with Crippen molar-refractivity contribution in [3.8, 4) is 0 Å². The fourth-order valence-electron chi connectivity index (χ4n) is 3.79. The Hall–Kier alpha value is -2.18. The molecule has 1 aliphatic rings. The fraction of sp³-hybridized carbons (Fsp3) is 0.381. The molecule has 2 aromatic carbocycles. The highest BCUT2D eigenvalue weighted by Gasteiger charge is 2.35. The number of nitroso groups, excluding NO2 is 1. The van der Waals surface area contributed by atoms with Gasteiger partial charge in [0, 0.05) is 30.2 Å². The largest absolute Gasteiger partial charge is 0.323 e. The van der Waals surface area contributed by atoms with Gasteiger partial charge in [0.2, 0.25) is 0 Å². The lowest BCUT2D eigenvalue weighted by molar-refractivity contribution is 0.115. The lowest BCUT2D eigenvalue weighted by atomic mass is 9.90. The van der Waals surface area contributed by atoms with Crippen LogP contribution in [0.25, 0.3) is 0 Å². The number of likely N-dealkylation sites (tertiary alicyclic amines) is 1. The molecule has 8 heteroatoms. The summed E-state index contributed by atoms with van der Waals surface area (Å²) in [4.78, 5) is 27.7. The first-order valence-corrected chi connectivity index (χ1v) is 10.1. The van der Waals surface area contributed by atoms with Crippen LogP contribution in [0.4, 0.5) is 9.18 Å². The molecule has 2 amide bonds. The number of benzene rings is 2. The average Bonchev–Trinajstić information content (AvgIpc) is 2.69. The summed E-state index contributed by atoms with van der Waals surface area (Å²) in [6, 6.07) is 8.69. The van der Waals surface area contributed by atoms with Crippen molar-refractivity contribution in [3.05, 3.63) is 73.9 Å². The van der Waals surface area contributed by atoms with Gasteiger partial charge >= 0.3 is 6.03 Å². The molecule has 1 saturated heterocycles. The lowest BCUT2D eigenvalue weighted by Crippen LogP contribution is -2.47. The Labute approximate surface area is 179 Å². The molecule has 0 aliphatic carbocycles. The van der Waals surface area contributed by atoms with Gasteiger partial charge in [-0.3, -0.25) is 0 Å². The fourth-order valence-corrected chi connectivity index (χ4v) is 4.16. The molecule has 154 valence electrons. The highest BCUT2D eigenvalue weighted by atomic mass is 35.5. The van der Waals surface area contributed by atoms with Gasteiger partial charge in [-0.1, -0.05) is 34.4 Å². The minimum atomic E-state index is -0.374. The molecule has 0 radical (unpaired) electrons. The summed E-state index contributed by atoms with van der Waals surface area (Å²) in [7, 11) is 1.69. The third-order valence-electron chi connectivity index (χ3n) is 5.30. The van der Waals surface area contributed by atoms with Crippen molar-refractivity contribution in [2.45, 2.75) is 38.4 Å². The van der Waals surface area contributed by atoms with Crippen molar-refractivity contribution in [1.82, 2.24) is 9.80 Å². The first kappa shape index (κ1) is 21.5. The molecule has 0 N–H and O–H groups in total. The molecule has 0 saturated carbocycles. The summed E-state index contributed by atoms with van der Waals surface area (Å²) in [5.41, 5.74) is 2.30. The first-order chi connectivity index (χ1) is 13.8. The number of carbonyl (C=O) groups is 1. The number of carbonyl (C=O) groups excluding carboxylic acids is 1. The molecule has 1 unspecified atom stereocenters. The average molecular weight is 438 g/mol. The van der Waals surface area contributed by atoms with E-state index >= 15 is 0 Å². The van der Waals surface area contributed by atoms with Gasteiger partial charge in [0.25, 0.3) is 0 Å². The number of aryl methyl sites for hydroxylation is 1. The minimum absolute atomic E-state index is 0.195. The molecule has 1 aliphatic heterocycles. The molecule has 5 nitrogen and oxygen atoms in total. The first-order valence-electron chi connectivity index (χ1n) is 9.34. The van der Waals surface area contributed by atoms with Crippen LogP contribution in [0.3, 0.4) is 0 Å². The van der Waals surface area contributed by atoms with Crippen LogP contribution in [0.5, 0.6) is 0 Å². The van der Waals surface area contributed by atoms with Crippen molar-refractivity contribution < 1.29 is 9.18 Å². The Bertz CT molecular complexity index is 925. The van der Waals surface area contributed by atoms with Crippen molar-refractivity contribution in [2.24, 2.45) is 5.18 Å². The summed E-state index contributed by atoms with van der Waals surface area (Å²) < 4.78 is 13.6. The molecule has 3 rings (SSSR count). The second kappa shape index (κ2) is 9.09. The van der Waals surface area contributed by atoms with Gasteiger partial charge in [-0.25, -0.2) is 9.18 Å². The SMILES string of the molecule is Cc1cc(F)ccc1[C@H]1CC(N=O)CCN1C(=O)N(C)Cc1cc(Cl)ccc1Cl. The Morgan fingerprint density at radius 1 is 1.28 bits per heavy atom. The van der Waals surface area contributed by atoms with Gasteiger partial charge in [-0.05, 0) is 66.8 Å². The van der Waals surface area contributed by atoms with E-state index in [2.05, 4.69) is 5.18 Å². The standard InChI is InChI=1S/C21H22Cl2FN3O2/c1-13-9-16(24)4-5-18(13)20-11-17(25-29)7-8-27(20)21(28)26(2)12-14-10-15(22)3-6-19(14)23/h3-6,9-10,17,20H,7-8,11-12H2,1-2H3/t17?,20-/m1/s1. The van der Waals surface area contributed by atoms with E-state index in [0.29, 0.717) is 36.0 Å². The number of amides is 2. The van der Waals surface area contributed by atoms with Crippen LogP contribution in [0.15, 0.2) is 41.6 Å². The number of hydrogen-bond donors (Lipinski definition) is 0. The molecular weight excluding hydrogens is 416 g/mol. The van der Waals surface area contributed by atoms with Crippen LogP contribution < -0.4 is 0 Å². The van der Waals surface area contributed by atoms with Crippen LogP contribution in [-0.4, -0.2) is 35.5 Å². The molecule has 0 spiro atoms. The normalized spacial score (nSPS) is 19.1. The van der Waals surface area contributed by atoms with E-state index in [1.807, 2.05) is 0 Å². The molecule has 29 heavy (non-hydrogen) atoms. The summed E-state index contributed by atoms with van der Waals surface area (Å²) in [5, 5.41) is 4.27. The summed E-state index contributed by atoms with van der Waals surface area (Å²) in [5.74, 6) is -0.335. The molecule has 0 aromatic heterocycles. The third kappa shape index (κ3) is 4.87. The highest BCUT2D eigenvalue weighted by Crippen LogP contribution is 2.35. The van der Waals surface area contributed by atoms with Crippen LogP contribution in [0.1, 0.15) is 35.6 Å². The third-order valence-corrected chi connectivity index (χ3v) is 5.91. The van der Waals surface area contributed by atoms with Crippen molar-refractivity contribution in [1.29, 1.82) is 0 Å². The van der Waals surface area contributed by atoms with Crippen molar-refractivity contribution in [2.75, 3.05) is 13.6 Å². The Balaban J connectivity index is 1.86. The van der Waals surface area contributed by atoms with E-state index < -0.39 is 0 Å². The summed E-state index contributed by atoms with van der Waals surface area (Å²) in [6.45, 7) is 2.48. The Kier molecular flexibility index (Phi) is 6.75. The summed E-state index contributed by atoms with van der Waals surface area (Å²) >= 11 is 12.3. The van der Waals surface area contributed by atoms with E-state index in [1.54, 1.807) is 48.0 Å². The molecule has 1 fully saturated rings. The second-order valence-corrected chi connectivity index (χ2v) is 8.21. The van der Waals surface area contributed by atoms with Crippen LogP contribution in [-0.2, 0) is 6.54 Å². The smallest absolute Gasteiger partial charge is 0.320 e. The zero-order chi connectivity index (χ0) is 21.1. The van der Waals surface area contributed by atoms with Crippen LogP contribution >= 0.6 is 23.2 Å². The molecule has 2 atom stereocenters. The quantitative estimate of drug-likeness (QED) is 0.553. The van der Waals surface area contributed by atoms with E-state index in [9.17, 15) is 14.1 Å². The number of hydrogen-bond acceptors (Lipinski definition) is 3. The van der Waals surface area contributed by atoms with Gasteiger partial charge in [0.1, 0.15) is 5.82 Å². The maximum atomic E-state index is 13.6. The maximum Gasteiger partial charge on any atom is 0.320 e. The van der Waals surface area contributed by atoms with Gasteiger partial charge < -0.3 is 9.80 Å². The molecule has 1 heterocycles. The molecular formula is C21H22Cl2FN3O2. The number of halogens is 3. The van der Waals surface area contributed by atoms with E-state index in [-0.39, 0.29) is 23.9 Å². The summed E-state index contributed by atoms with van der Waals surface area (Å²) in [6.07, 6.45) is 0.908. The van der Waals surface area contributed by atoms with Crippen molar-refractivity contribution >= 4 is 29.2 Å². The monoisotopic (exact) mass is 437 g/mol. The number of urea groups is 1. The topological polar surface area (TPSA) is 53.0 Å². The van der Waals surface area contributed by atoms with E-state index in [4.69, 9.17) is 23.2 Å². The van der Waals surface area contributed by atoms with Gasteiger partial charge in [-0.2, -0.15) is 4.91 Å². The second-order valence-electron chi connectivity index (χ2n) is 7.37. The predicted octanol–water partition coefficient (Wildman–Crippen LogP) is 5.96. The maximum absolute atomic E-state index is 13.6. The number of rotatable bonds is 4. The zero-order valence-corrected chi connectivity index (χ0v) is 17.8. The van der Waals surface area contributed by atoms with Gasteiger partial charge in [-0.15, -0.1) is 0 Å². The lowest BCUT2D eigenvalue weighted by Gasteiger charge is -2.40. The zero-order valence-electron chi connectivity index (χ0n) is 16.2. The highest BCUT2D eigenvalue weighted by molar-refractivity contribution is 6.33. The Morgan fingerprint density at radius 2 is 2.03 bits per heavy atom. The van der Waals surface area contributed by atoms with Crippen LogP contribution in [0.2, 0.25) is 10.0 Å². The Morgan fingerprint density at radius 3 is 2.72 bits per heavy atom. The van der Waals surface area contributed by atoms with Crippen LogP contribution in [0, 0.1) is 17.6 Å². The van der Waals surface area contributed by atoms with Crippen molar-refractivity contribution in [3.63, 3.8) is 0 Å². The van der Waals surface area contributed by atoms with E-state index in [1.165, 1.54) is 12.1 Å².